The van der Waals surface area contributed by atoms with Crippen molar-refractivity contribution in [2.45, 2.75) is 57.0 Å². The number of nitrogens with zero attached hydrogens (tertiary/aromatic N) is 2. The standard InChI is InChI=1S/C29H39N3O3/c1-34-23-13-15-27(35-2)26(20-23)31-16-18-32(19-17-31)28(29(33)22-9-4-3-5-10-22)25-14-12-21-8-6-7-11-24(21)30-25/h6-8,11,13,15,20,22,25,28,30H,3-5,9-10,12,14,16-19H2,1-2H3. The summed E-state index contributed by atoms with van der Waals surface area (Å²) in [5.41, 5.74) is 3.62. The number of para-hydroxylation sites is 1. The molecule has 1 aliphatic carbocycles. The molecule has 2 fully saturated rings. The van der Waals surface area contributed by atoms with E-state index in [4.69, 9.17) is 9.47 Å². The van der Waals surface area contributed by atoms with Crippen molar-refractivity contribution in [2.75, 3.05) is 50.6 Å². The normalized spacial score (nSPS) is 22.1. The molecule has 1 N–H and O–H groups in total. The number of Topliss-reactive ketones (excluding diaryl/α,β-unsaturated/α-hetero) is 1. The second-order valence-corrected chi connectivity index (χ2v) is 10.2. The van der Waals surface area contributed by atoms with Crippen LogP contribution in [-0.2, 0) is 11.2 Å². The van der Waals surface area contributed by atoms with Crippen molar-refractivity contribution >= 4 is 17.2 Å². The number of rotatable bonds is 7. The Morgan fingerprint density at radius 2 is 1.71 bits per heavy atom. The number of carbonyl (C=O) groups is 1. The number of ether oxygens (including phenoxy) is 2. The van der Waals surface area contributed by atoms with Crippen molar-refractivity contribution < 1.29 is 14.3 Å². The molecule has 3 aliphatic rings. The topological polar surface area (TPSA) is 54.0 Å². The molecule has 188 valence electrons. The van der Waals surface area contributed by atoms with Gasteiger partial charge in [0.15, 0.2) is 5.78 Å². The quantitative estimate of drug-likeness (QED) is 0.620. The molecule has 35 heavy (non-hydrogen) atoms. The number of nitrogens with one attached hydrogen (secondary N) is 1. The lowest BCUT2D eigenvalue weighted by atomic mass is 9.80. The molecule has 2 heterocycles. The van der Waals surface area contributed by atoms with Gasteiger partial charge in [-0.05, 0) is 49.4 Å². The van der Waals surface area contributed by atoms with Crippen LogP contribution in [0.25, 0.3) is 0 Å². The zero-order valence-corrected chi connectivity index (χ0v) is 21.2. The Morgan fingerprint density at radius 3 is 2.46 bits per heavy atom. The summed E-state index contributed by atoms with van der Waals surface area (Å²) >= 11 is 0. The van der Waals surface area contributed by atoms with Gasteiger partial charge in [-0.3, -0.25) is 9.69 Å². The predicted molar refractivity (Wildman–Crippen MR) is 141 cm³/mol. The Labute approximate surface area is 209 Å². The molecule has 1 saturated carbocycles. The van der Waals surface area contributed by atoms with Crippen LogP contribution in [-0.4, -0.2) is 63.2 Å². The van der Waals surface area contributed by atoms with Crippen molar-refractivity contribution in [3.8, 4) is 11.5 Å². The lowest BCUT2D eigenvalue weighted by molar-refractivity contribution is -0.130. The van der Waals surface area contributed by atoms with Crippen molar-refractivity contribution in [3.05, 3.63) is 48.0 Å². The summed E-state index contributed by atoms with van der Waals surface area (Å²) in [4.78, 5) is 18.8. The molecule has 0 radical (unpaired) electrons. The van der Waals surface area contributed by atoms with Gasteiger partial charge in [0.1, 0.15) is 11.5 Å². The van der Waals surface area contributed by atoms with Gasteiger partial charge in [-0.2, -0.15) is 0 Å². The molecule has 0 bridgehead atoms. The lowest BCUT2D eigenvalue weighted by Crippen LogP contribution is -2.60. The predicted octanol–water partition coefficient (Wildman–Crippen LogP) is 4.77. The van der Waals surface area contributed by atoms with E-state index in [1.807, 2.05) is 12.1 Å². The summed E-state index contributed by atoms with van der Waals surface area (Å²) in [5, 5.41) is 3.78. The second-order valence-electron chi connectivity index (χ2n) is 10.2. The Hall–Kier alpha value is -2.73. The molecular formula is C29H39N3O3. The third kappa shape index (κ3) is 5.13. The number of carbonyl (C=O) groups excluding carboxylic acids is 1. The molecule has 0 spiro atoms. The average molecular weight is 478 g/mol. The van der Waals surface area contributed by atoms with Gasteiger partial charge in [-0.25, -0.2) is 0 Å². The third-order valence-corrected chi connectivity index (χ3v) is 8.20. The molecule has 2 aliphatic heterocycles. The highest BCUT2D eigenvalue weighted by Crippen LogP contribution is 2.35. The minimum absolute atomic E-state index is 0.0687. The maximum absolute atomic E-state index is 14.0. The molecular weight excluding hydrogens is 438 g/mol. The summed E-state index contributed by atoms with van der Waals surface area (Å²) in [6.07, 6.45) is 7.79. The fourth-order valence-corrected chi connectivity index (χ4v) is 6.25. The Kier molecular flexibility index (Phi) is 7.47. The minimum Gasteiger partial charge on any atom is -0.497 e. The molecule has 1 saturated heterocycles. The number of hydrogen-bond acceptors (Lipinski definition) is 6. The van der Waals surface area contributed by atoms with Crippen LogP contribution in [0.4, 0.5) is 11.4 Å². The number of piperazine rings is 1. The summed E-state index contributed by atoms with van der Waals surface area (Å²) in [7, 11) is 3.41. The number of ketones is 1. The van der Waals surface area contributed by atoms with E-state index >= 15 is 0 Å². The highest BCUT2D eigenvalue weighted by atomic mass is 16.5. The molecule has 2 unspecified atom stereocenters. The van der Waals surface area contributed by atoms with Crippen LogP contribution in [0, 0.1) is 5.92 Å². The van der Waals surface area contributed by atoms with Crippen molar-refractivity contribution in [1.82, 2.24) is 4.90 Å². The average Bonchev–Trinajstić information content (AvgIpc) is 2.93. The van der Waals surface area contributed by atoms with Crippen LogP contribution < -0.4 is 19.7 Å². The maximum atomic E-state index is 14.0. The van der Waals surface area contributed by atoms with E-state index in [1.54, 1.807) is 14.2 Å². The maximum Gasteiger partial charge on any atom is 0.155 e. The Balaban J connectivity index is 1.35. The van der Waals surface area contributed by atoms with Gasteiger partial charge < -0.3 is 19.7 Å². The largest absolute Gasteiger partial charge is 0.497 e. The number of aryl methyl sites for hydroxylation is 1. The first-order valence-corrected chi connectivity index (χ1v) is 13.3. The number of methoxy groups -OCH3 is 2. The zero-order valence-electron chi connectivity index (χ0n) is 21.2. The molecule has 2 atom stereocenters. The Bertz CT molecular complexity index is 1010. The molecule has 6 heteroatoms. The van der Waals surface area contributed by atoms with Crippen LogP contribution in [0.1, 0.15) is 44.1 Å². The third-order valence-electron chi connectivity index (χ3n) is 8.20. The lowest BCUT2D eigenvalue weighted by Gasteiger charge is -2.45. The van der Waals surface area contributed by atoms with Gasteiger partial charge in [-0.15, -0.1) is 0 Å². The number of hydrogen-bond donors (Lipinski definition) is 1. The van der Waals surface area contributed by atoms with Crippen LogP contribution in [0.3, 0.4) is 0 Å². The van der Waals surface area contributed by atoms with Gasteiger partial charge in [-0.1, -0.05) is 37.5 Å². The minimum atomic E-state index is -0.0687. The van der Waals surface area contributed by atoms with Crippen molar-refractivity contribution in [2.24, 2.45) is 5.92 Å². The fourth-order valence-electron chi connectivity index (χ4n) is 6.25. The van der Waals surface area contributed by atoms with Crippen LogP contribution in [0.5, 0.6) is 11.5 Å². The molecule has 6 nitrogen and oxygen atoms in total. The highest BCUT2D eigenvalue weighted by molar-refractivity contribution is 5.88. The van der Waals surface area contributed by atoms with Gasteiger partial charge in [0.05, 0.1) is 25.9 Å². The monoisotopic (exact) mass is 477 g/mol. The first kappa shape index (κ1) is 24.0. The number of fused-ring (bicyclic) bond motifs is 1. The van der Waals surface area contributed by atoms with E-state index in [0.29, 0.717) is 5.78 Å². The number of benzene rings is 2. The summed E-state index contributed by atoms with van der Waals surface area (Å²) in [5.74, 6) is 2.37. The smallest absolute Gasteiger partial charge is 0.155 e. The second kappa shape index (κ2) is 10.9. The highest BCUT2D eigenvalue weighted by Gasteiger charge is 2.40. The van der Waals surface area contributed by atoms with E-state index < -0.39 is 0 Å². The van der Waals surface area contributed by atoms with Crippen molar-refractivity contribution in [3.63, 3.8) is 0 Å². The first-order chi connectivity index (χ1) is 17.2. The van der Waals surface area contributed by atoms with E-state index in [9.17, 15) is 4.79 Å². The summed E-state index contributed by atoms with van der Waals surface area (Å²) < 4.78 is 11.1. The molecule has 2 aromatic carbocycles. The van der Waals surface area contributed by atoms with E-state index in [2.05, 4.69) is 45.4 Å². The van der Waals surface area contributed by atoms with Gasteiger partial charge in [0.25, 0.3) is 0 Å². The molecule has 5 rings (SSSR count). The summed E-state index contributed by atoms with van der Waals surface area (Å²) in [6.45, 7) is 3.45. The fraction of sp³-hybridized carbons (Fsp3) is 0.552. The van der Waals surface area contributed by atoms with Crippen LogP contribution >= 0.6 is 0 Å². The zero-order chi connectivity index (χ0) is 24.2. The molecule has 0 amide bonds. The summed E-state index contributed by atoms with van der Waals surface area (Å²) in [6, 6.07) is 14.6. The van der Waals surface area contributed by atoms with E-state index in [-0.39, 0.29) is 18.0 Å². The van der Waals surface area contributed by atoms with Crippen molar-refractivity contribution in [1.29, 1.82) is 0 Å². The molecule has 2 aromatic rings. The van der Waals surface area contributed by atoms with Gasteiger partial charge in [0, 0.05) is 49.9 Å². The van der Waals surface area contributed by atoms with Gasteiger partial charge >= 0.3 is 0 Å². The van der Waals surface area contributed by atoms with Crippen LogP contribution in [0.15, 0.2) is 42.5 Å². The number of anilines is 2. The Morgan fingerprint density at radius 1 is 0.943 bits per heavy atom. The first-order valence-electron chi connectivity index (χ1n) is 13.3. The molecule has 0 aromatic heterocycles. The van der Waals surface area contributed by atoms with Gasteiger partial charge in [0.2, 0.25) is 0 Å². The van der Waals surface area contributed by atoms with E-state index in [1.165, 1.54) is 30.5 Å². The van der Waals surface area contributed by atoms with E-state index in [0.717, 1.165) is 69.0 Å². The SMILES string of the molecule is COc1ccc(OC)c(N2CCN(C(C(=O)C3CCCCC3)C3CCc4ccccc4N3)CC2)c1. The van der Waals surface area contributed by atoms with Crippen LogP contribution in [0.2, 0.25) is 0 Å².